The Morgan fingerprint density at radius 2 is 1.91 bits per heavy atom. The number of phenolic OH excluding ortho intramolecular Hbond substituents is 2. The molecular formula is C15H12ClN3O3. The van der Waals surface area contributed by atoms with Crippen molar-refractivity contribution in [3.8, 4) is 17.2 Å². The second kappa shape index (κ2) is 5.57. The van der Waals surface area contributed by atoms with Gasteiger partial charge in [0.15, 0.2) is 11.5 Å². The number of halogens is 1. The van der Waals surface area contributed by atoms with Gasteiger partial charge in [0.1, 0.15) is 17.9 Å². The van der Waals surface area contributed by atoms with Crippen molar-refractivity contribution < 1.29 is 14.9 Å². The van der Waals surface area contributed by atoms with E-state index >= 15 is 0 Å². The minimum absolute atomic E-state index is 0.00278. The molecule has 0 aliphatic carbocycles. The fourth-order valence-electron chi connectivity index (χ4n) is 2.07. The molecule has 0 saturated carbocycles. The topological polar surface area (TPSA) is 87.5 Å². The Balaban J connectivity index is 2.09. The van der Waals surface area contributed by atoms with Gasteiger partial charge >= 0.3 is 0 Å². The molecular weight excluding hydrogens is 306 g/mol. The molecule has 6 nitrogen and oxygen atoms in total. The van der Waals surface area contributed by atoms with E-state index in [1.54, 1.807) is 18.2 Å². The summed E-state index contributed by atoms with van der Waals surface area (Å²) in [4.78, 5) is 8.29. The van der Waals surface area contributed by atoms with Crippen LogP contribution in [-0.2, 0) is 0 Å². The maximum absolute atomic E-state index is 9.91. The molecule has 22 heavy (non-hydrogen) atoms. The van der Waals surface area contributed by atoms with Crippen LogP contribution in [0.25, 0.3) is 10.9 Å². The number of aromatic hydroxyl groups is 2. The fraction of sp³-hybridized carbons (Fsp3) is 0.0667. The van der Waals surface area contributed by atoms with E-state index in [4.69, 9.17) is 16.3 Å². The van der Waals surface area contributed by atoms with E-state index in [1.807, 2.05) is 0 Å². The predicted octanol–water partition coefficient (Wildman–Crippen LogP) is 3.45. The summed E-state index contributed by atoms with van der Waals surface area (Å²) in [6.07, 6.45) is 1.38. The molecule has 1 heterocycles. The zero-order valence-electron chi connectivity index (χ0n) is 11.5. The molecule has 0 saturated heterocycles. The molecule has 3 aromatic rings. The lowest BCUT2D eigenvalue weighted by atomic mass is 10.2. The van der Waals surface area contributed by atoms with Crippen molar-refractivity contribution in [1.82, 2.24) is 9.97 Å². The van der Waals surface area contributed by atoms with Crippen LogP contribution < -0.4 is 10.1 Å². The van der Waals surface area contributed by atoms with Gasteiger partial charge in [-0.1, -0.05) is 11.6 Å². The molecule has 2 aromatic carbocycles. The van der Waals surface area contributed by atoms with Crippen LogP contribution >= 0.6 is 11.6 Å². The zero-order chi connectivity index (χ0) is 15.7. The van der Waals surface area contributed by atoms with Gasteiger partial charge in [-0.05, 0) is 18.2 Å². The van der Waals surface area contributed by atoms with Crippen molar-refractivity contribution in [2.45, 2.75) is 0 Å². The highest BCUT2D eigenvalue weighted by atomic mass is 35.5. The van der Waals surface area contributed by atoms with Gasteiger partial charge in [-0.25, -0.2) is 9.97 Å². The lowest BCUT2D eigenvalue weighted by Crippen LogP contribution is -1.97. The number of nitrogens with one attached hydrogen (secondary N) is 1. The van der Waals surface area contributed by atoms with Crippen LogP contribution in [0.1, 0.15) is 0 Å². The molecule has 7 heteroatoms. The van der Waals surface area contributed by atoms with Crippen LogP contribution in [0.2, 0.25) is 5.02 Å². The summed E-state index contributed by atoms with van der Waals surface area (Å²) in [6, 6.07) is 7.82. The highest BCUT2D eigenvalue weighted by Gasteiger charge is 2.11. The van der Waals surface area contributed by atoms with Crippen LogP contribution in [0, 0.1) is 0 Å². The number of nitrogens with zero attached hydrogens (tertiary/aromatic N) is 2. The normalized spacial score (nSPS) is 10.6. The number of phenols is 2. The van der Waals surface area contributed by atoms with E-state index < -0.39 is 0 Å². The Bertz CT molecular complexity index is 855. The van der Waals surface area contributed by atoms with Crippen molar-refractivity contribution >= 4 is 34.0 Å². The number of ether oxygens (including phenoxy) is 1. The second-order valence-corrected chi connectivity index (χ2v) is 4.99. The Hall–Kier alpha value is -2.73. The van der Waals surface area contributed by atoms with Gasteiger partial charge in [0.05, 0.1) is 18.3 Å². The van der Waals surface area contributed by atoms with Crippen LogP contribution in [0.4, 0.5) is 11.5 Å². The van der Waals surface area contributed by atoms with Gasteiger partial charge in [-0.2, -0.15) is 0 Å². The number of fused-ring (bicyclic) bond motifs is 1. The first kappa shape index (κ1) is 14.2. The smallest absolute Gasteiger partial charge is 0.162 e. The zero-order valence-corrected chi connectivity index (χ0v) is 12.3. The molecule has 0 spiro atoms. The number of benzene rings is 2. The lowest BCUT2D eigenvalue weighted by molar-refractivity contribution is 0.374. The Kier molecular flexibility index (Phi) is 3.60. The molecule has 112 valence electrons. The molecule has 0 radical (unpaired) electrons. The van der Waals surface area contributed by atoms with Crippen LogP contribution in [0.5, 0.6) is 17.2 Å². The monoisotopic (exact) mass is 317 g/mol. The van der Waals surface area contributed by atoms with Crippen LogP contribution in [0.3, 0.4) is 0 Å². The molecule has 0 atom stereocenters. The molecule has 0 fully saturated rings. The quantitative estimate of drug-likeness (QED) is 0.641. The average molecular weight is 318 g/mol. The van der Waals surface area contributed by atoms with Crippen molar-refractivity contribution in [2.24, 2.45) is 0 Å². The van der Waals surface area contributed by atoms with E-state index in [0.717, 1.165) is 0 Å². The third kappa shape index (κ3) is 2.56. The van der Waals surface area contributed by atoms with Gasteiger partial charge < -0.3 is 20.3 Å². The summed E-state index contributed by atoms with van der Waals surface area (Å²) in [5, 5.41) is 23.8. The number of hydrogen-bond acceptors (Lipinski definition) is 6. The van der Waals surface area contributed by atoms with Crippen molar-refractivity contribution in [3.63, 3.8) is 0 Å². The summed E-state index contributed by atoms with van der Waals surface area (Å²) in [5.41, 5.74) is 1.04. The highest BCUT2D eigenvalue weighted by Crippen LogP contribution is 2.35. The third-order valence-electron chi connectivity index (χ3n) is 3.15. The summed E-state index contributed by atoms with van der Waals surface area (Å²) >= 11 is 5.81. The summed E-state index contributed by atoms with van der Waals surface area (Å²) in [6.45, 7) is 0. The minimum atomic E-state index is -0.0202. The maximum atomic E-state index is 9.91. The van der Waals surface area contributed by atoms with E-state index in [-0.39, 0.29) is 11.5 Å². The first-order valence-corrected chi connectivity index (χ1v) is 6.73. The molecule has 0 aliphatic heterocycles. The maximum Gasteiger partial charge on any atom is 0.162 e. The number of hydrogen-bond donors (Lipinski definition) is 3. The predicted molar refractivity (Wildman–Crippen MR) is 84.2 cm³/mol. The van der Waals surface area contributed by atoms with Crippen molar-refractivity contribution in [2.75, 3.05) is 12.4 Å². The van der Waals surface area contributed by atoms with E-state index in [9.17, 15) is 10.2 Å². The summed E-state index contributed by atoms with van der Waals surface area (Å²) < 4.78 is 5.06. The molecule has 3 rings (SSSR count). The lowest BCUT2D eigenvalue weighted by Gasteiger charge is -2.11. The third-order valence-corrected chi connectivity index (χ3v) is 3.38. The number of aromatic nitrogens is 2. The van der Waals surface area contributed by atoms with Crippen molar-refractivity contribution in [3.05, 3.63) is 41.7 Å². The molecule has 0 unspecified atom stereocenters. The molecule has 0 bridgehead atoms. The van der Waals surface area contributed by atoms with Gasteiger partial charge in [0.2, 0.25) is 0 Å². The van der Waals surface area contributed by atoms with Gasteiger partial charge in [-0.3, -0.25) is 0 Å². The molecule has 0 aliphatic rings. The Morgan fingerprint density at radius 1 is 1.09 bits per heavy atom. The molecule has 1 aromatic heterocycles. The van der Waals surface area contributed by atoms with E-state index in [2.05, 4.69) is 15.3 Å². The standard InChI is InChI=1S/C15H12ClN3O3/c1-22-14-6-11-9(5-13(14)21)15(18-7-17-11)19-10-3-2-8(16)4-12(10)20/h2-7,20-21H,1H3,(H,17,18,19). The first-order chi connectivity index (χ1) is 10.6. The van der Waals surface area contributed by atoms with Crippen LogP contribution in [-0.4, -0.2) is 27.3 Å². The number of rotatable bonds is 3. The Morgan fingerprint density at radius 3 is 2.64 bits per heavy atom. The summed E-state index contributed by atoms with van der Waals surface area (Å²) in [5.74, 6) is 0.747. The largest absolute Gasteiger partial charge is 0.506 e. The minimum Gasteiger partial charge on any atom is -0.506 e. The number of methoxy groups -OCH3 is 1. The van der Waals surface area contributed by atoms with Gasteiger partial charge in [0, 0.05) is 22.5 Å². The van der Waals surface area contributed by atoms with Crippen molar-refractivity contribution in [1.29, 1.82) is 0 Å². The number of anilines is 2. The Labute approximate surface area is 131 Å². The SMILES string of the molecule is COc1cc2ncnc(Nc3ccc(Cl)cc3O)c2cc1O. The molecule has 3 N–H and O–H groups in total. The van der Waals surface area contributed by atoms with E-state index in [0.29, 0.717) is 33.2 Å². The fourth-order valence-corrected chi connectivity index (χ4v) is 2.24. The first-order valence-electron chi connectivity index (χ1n) is 6.35. The van der Waals surface area contributed by atoms with Gasteiger partial charge in [0.25, 0.3) is 0 Å². The second-order valence-electron chi connectivity index (χ2n) is 4.55. The average Bonchev–Trinajstić information content (AvgIpc) is 2.50. The van der Waals surface area contributed by atoms with E-state index in [1.165, 1.54) is 25.6 Å². The van der Waals surface area contributed by atoms with Gasteiger partial charge in [-0.15, -0.1) is 0 Å². The summed E-state index contributed by atoms with van der Waals surface area (Å²) in [7, 11) is 1.47. The highest BCUT2D eigenvalue weighted by molar-refractivity contribution is 6.30. The molecule has 0 amide bonds. The van der Waals surface area contributed by atoms with Crippen LogP contribution in [0.15, 0.2) is 36.7 Å².